The first kappa shape index (κ1) is 15.7. The van der Waals surface area contributed by atoms with E-state index in [-0.39, 0.29) is 18.7 Å². The average molecular weight is 293 g/mol. The Morgan fingerprint density at radius 1 is 1.26 bits per heavy atom. The summed E-state index contributed by atoms with van der Waals surface area (Å²) in [6, 6.07) is -0.598. The highest BCUT2D eigenvalue weighted by Crippen LogP contribution is 2.29. The van der Waals surface area contributed by atoms with Crippen molar-refractivity contribution in [2.75, 3.05) is 12.3 Å². The number of urea groups is 1. The van der Waals surface area contributed by atoms with Gasteiger partial charge in [-0.15, -0.1) is 0 Å². The minimum atomic E-state index is -3.54. The van der Waals surface area contributed by atoms with E-state index < -0.39 is 27.6 Å². The molecule has 0 unspecified atom stereocenters. The second-order valence-corrected chi connectivity index (χ2v) is 6.43. The van der Waals surface area contributed by atoms with E-state index >= 15 is 0 Å². The van der Waals surface area contributed by atoms with Crippen LogP contribution in [0.2, 0.25) is 0 Å². The predicted octanol–water partition coefficient (Wildman–Crippen LogP) is -0.638. The van der Waals surface area contributed by atoms with Gasteiger partial charge in [0.2, 0.25) is 10.0 Å². The lowest BCUT2D eigenvalue weighted by molar-refractivity contribution is -0.144. The van der Waals surface area contributed by atoms with Gasteiger partial charge in [-0.3, -0.25) is 0 Å². The van der Waals surface area contributed by atoms with Gasteiger partial charge in [-0.1, -0.05) is 12.8 Å². The molecule has 1 aliphatic rings. The van der Waals surface area contributed by atoms with Crippen LogP contribution in [0, 0.1) is 0 Å². The van der Waals surface area contributed by atoms with Crippen LogP contribution in [0.1, 0.15) is 32.1 Å². The summed E-state index contributed by atoms with van der Waals surface area (Å²) in [5.74, 6) is -1.26. The zero-order valence-electron chi connectivity index (χ0n) is 10.5. The zero-order valence-corrected chi connectivity index (χ0v) is 11.3. The number of carbonyl (C=O) groups is 2. The molecule has 0 aromatic rings. The highest BCUT2D eigenvalue weighted by molar-refractivity contribution is 7.89. The van der Waals surface area contributed by atoms with Crippen molar-refractivity contribution in [2.45, 2.75) is 37.6 Å². The largest absolute Gasteiger partial charge is 0.480 e. The first-order valence-electron chi connectivity index (χ1n) is 6.05. The van der Waals surface area contributed by atoms with Gasteiger partial charge in [0.15, 0.2) is 0 Å². The highest BCUT2D eigenvalue weighted by Gasteiger charge is 2.42. The molecule has 0 heterocycles. The molecule has 5 N–H and O–H groups in total. The van der Waals surface area contributed by atoms with Gasteiger partial charge in [-0.2, -0.15) is 0 Å². The lowest BCUT2D eigenvalue weighted by Crippen LogP contribution is -2.55. The van der Waals surface area contributed by atoms with Crippen LogP contribution in [-0.2, 0) is 14.8 Å². The number of hydrogen-bond acceptors (Lipinski definition) is 4. The number of nitrogens with one attached hydrogen (secondary N) is 2. The van der Waals surface area contributed by atoms with Crippen LogP contribution < -0.4 is 15.8 Å². The SMILES string of the molecule is NS(=O)(=O)CCCNC(=O)NC1(C(=O)O)CCCC1. The molecule has 8 nitrogen and oxygen atoms in total. The Morgan fingerprint density at radius 3 is 2.32 bits per heavy atom. The molecule has 2 amide bonds. The molecule has 0 aromatic heterocycles. The number of amides is 2. The smallest absolute Gasteiger partial charge is 0.329 e. The summed E-state index contributed by atoms with van der Waals surface area (Å²) in [6.07, 6.45) is 2.53. The van der Waals surface area contributed by atoms with E-state index in [4.69, 9.17) is 10.2 Å². The first-order chi connectivity index (χ1) is 8.75. The van der Waals surface area contributed by atoms with Gasteiger partial charge >= 0.3 is 12.0 Å². The molecule has 0 spiro atoms. The van der Waals surface area contributed by atoms with Crippen molar-refractivity contribution in [3.8, 4) is 0 Å². The van der Waals surface area contributed by atoms with Crippen LogP contribution in [0.5, 0.6) is 0 Å². The van der Waals surface area contributed by atoms with Gasteiger partial charge in [0.1, 0.15) is 5.54 Å². The van der Waals surface area contributed by atoms with Crippen molar-refractivity contribution in [1.29, 1.82) is 0 Å². The van der Waals surface area contributed by atoms with Gasteiger partial charge in [0.05, 0.1) is 5.75 Å². The number of nitrogens with two attached hydrogens (primary N) is 1. The molecule has 0 radical (unpaired) electrons. The first-order valence-corrected chi connectivity index (χ1v) is 7.77. The Hall–Kier alpha value is -1.35. The molecule has 0 aliphatic heterocycles. The monoisotopic (exact) mass is 293 g/mol. The van der Waals surface area contributed by atoms with Gasteiger partial charge in [-0.05, 0) is 19.3 Å². The molecule has 110 valence electrons. The second kappa shape index (κ2) is 6.20. The highest BCUT2D eigenvalue weighted by atomic mass is 32.2. The van der Waals surface area contributed by atoms with Crippen LogP contribution in [0.3, 0.4) is 0 Å². The number of primary sulfonamides is 1. The van der Waals surface area contributed by atoms with Crippen molar-refractivity contribution < 1.29 is 23.1 Å². The van der Waals surface area contributed by atoms with Gasteiger partial charge in [0, 0.05) is 6.54 Å². The topological polar surface area (TPSA) is 139 Å². The van der Waals surface area contributed by atoms with E-state index in [0.29, 0.717) is 12.8 Å². The van der Waals surface area contributed by atoms with E-state index in [1.807, 2.05) is 0 Å². The van der Waals surface area contributed by atoms with E-state index in [9.17, 15) is 18.0 Å². The number of carbonyl (C=O) groups excluding carboxylic acids is 1. The Bertz CT molecular complexity index is 442. The lowest BCUT2D eigenvalue weighted by atomic mass is 9.98. The Kier molecular flexibility index (Phi) is 5.12. The fourth-order valence-corrected chi connectivity index (χ4v) is 2.65. The van der Waals surface area contributed by atoms with Crippen LogP contribution in [0.4, 0.5) is 4.79 Å². The van der Waals surface area contributed by atoms with Crippen LogP contribution in [0.15, 0.2) is 0 Å². The predicted molar refractivity (Wildman–Crippen MR) is 68.0 cm³/mol. The average Bonchev–Trinajstić information content (AvgIpc) is 2.73. The molecule has 0 atom stereocenters. The molecular weight excluding hydrogens is 274 g/mol. The molecule has 0 saturated heterocycles. The van der Waals surface area contributed by atoms with Crippen molar-refractivity contribution >= 4 is 22.0 Å². The maximum Gasteiger partial charge on any atom is 0.329 e. The molecule has 19 heavy (non-hydrogen) atoms. The maximum atomic E-state index is 11.6. The number of aliphatic carboxylic acids is 1. The molecule has 9 heteroatoms. The van der Waals surface area contributed by atoms with Gasteiger partial charge in [0.25, 0.3) is 0 Å². The van der Waals surface area contributed by atoms with E-state index in [0.717, 1.165) is 12.8 Å². The fourth-order valence-electron chi connectivity index (χ4n) is 2.11. The molecule has 1 saturated carbocycles. The van der Waals surface area contributed by atoms with Crippen molar-refractivity contribution in [1.82, 2.24) is 10.6 Å². The summed E-state index contributed by atoms with van der Waals surface area (Å²) >= 11 is 0. The fraction of sp³-hybridized carbons (Fsp3) is 0.800. The molecule has 0 aromatic carbocycles. The van der Waals surface area contributed by atoms with Crippen LogP contribution >= 0.6 is 0 Å². The summed E-state index contributed by atoms with van der Waals surface area (Å²) in [5, 5.41) is 18.9. The van der Waals surface area contributed by atoms with Crippen molar-refractivity contribution in [3.63, 3.8) is 0 Å². The van der Waals surface area contributed by atoms with Crippen molar-refractivity contribution in [2.24, 2.45) is 5.14 Å². The minimum absolute atomic E-state index is 0.123. The lowest BCUT2D eigenvalue weighted by Gasteiger charge is -2.25. The zero-order chi connectivity index (χ0) is 14.5. The Morgan fingerprint density at radius 2 is 1.84 bits per heavy atom. The number of rotatable bonds is 6. The number of sulfonamides is 1. The third kappa shape index (κ3) is 5.03. The molecule has 1 rings (SSSR count). The van der Waals surface area contributed by atoms with Gasteiger partial charge in [-0.25, -0.2) is 23.1 Å². The van der Waals surface area contributed by atoms with E-state index in [1.165, 1.54) is 0 Å². The summed E-state index contributed by atoms with van der Waals surface area (Å²) < 4.78 is 21.3. The third-order valence-electron chi connectivity index (χ3n) is 3.11. The molecule has 1 aliphatic carbocycles. The number of carboxylic acid groups (broad SMARTS) is 1. The summed E-state index contributed by atoms with van der Waals surface area (Å²) in [4.78, 5) is 22.7. The summed E-state index contributed by atoms with van der Waals surface area (Å²) in [5.41, 5.74) is -1.19. The molecule has 1 fully saturated rings. The van der Waals surface area contributed by atoms with E-state index in [2.05, 4.69) is 10.6 Å². The Balaban J connectivity index is 2.36. The van der Waals surface area contributed by atoms with Crippen LogP contribution in [0.25, 0.3) is 0 Å². The number of carboxylic acids is 1. The summed E-state index contributed by atoms with van der Waals surface area (Å²) in [7, 11) is -3.54. The Labute approximate surface area is 111 Å². The molecule has 0 bridgehead atoms. The van der Waals surface area contributed by atoms with E-state index in [1.54, 1.807) is 0 Å². The molecular formula is C10H19N3O5S. The second-order valence-electron chi connectivity index (χ2n) is 4.70. The van der Waals surface area contributed by atoms with Crippen molar-refractivity contribution in [3.05, 3.63) is 0 Å². The normalized spacial score (nSPS) is 17.9. The minimum Gasteiger partial charge on any atom is -0.480 e. The van der Waals surface area contributed by atoms with Crippen LogP contribution in [-0.4, -0.2) is 43.4 Å². The quantitative estimate of drug-likeness (QED) is 0.482. The number of hydrogen-bond donors (Lipinski definition) is 4. The standard InChI is InChI=1S/C10H19N3O5S/c11-19(17,18)7-3-6-12-9(16)13-10(8(14)15)4-1-2-5-10/h1-7H2,(H,14,15)(H2,11,17,18)(H2,12,13,16). The van der Waals surface area contributed by atoms with Gasteiger partial charge < -0.3 is 15.7 Å². The maximum absolute atomic E-state index is 11.6. The third-order valence-corrected chi connectivity index (χ3v) is 3.97. The summed E-state index contributed by atoms with van der Waals surface area (Å²) in [6.45, 7) is 0.123.